The highest BCUT2D eigenvalue weighted by Gasteiger charge is 2.09. The molecule has 0 aromatic heterocycles. The molecule has 4 heteroatoms. The van der Waals surface area contributed by atoms with Gasteiger partial charge in [0.05, 0.1) is 12.2 Å². The fourth-order valence-corrected chi connectivity index (χ4v) is 2.35. The van der Waals surface area contributed by atoms with Crippen LogP contribution in [-0.4, -0.2) is 24.1 Å². The van der Waals surface area contributed by atoms with E-state index >= 15 is 0 Å². The molecule has 0 aliphatic heterocycles. The number of benzene rings is 2. The van der Waals surface area contributed by atoms with E-state index in [4.69, 9.17) is 4.74 Å². The quantitative estimate of drug-likeness (QED) is 0.578. The van der Waals surface area contributed by atoms with E-state index < -0.39 is 0 Å². The SMILES string of the molecule is CCOC(=O)c1ccc(CC(=O)Cc2ccc(C(C)=O)cc2)cc1. The number of rotatable bonds is 7. The van der Waals surface area contributed by atoms with E-state index in [1.54, 1.807) is 55.5 Å². The van der Waals surface area contributed by atoms with Crippen molar-refractivity contribution in [2.45, 2.75) is 26.7 Å². The summed E-state index contributed by atoms with van der Waals surface area (Å²) >= 11 is 0. The molecule has 2 aromatic rings. The largest absolute Gasteiger partial charge is 0.462 e. The molecule has 0 saturated heterocycles. The summed E-state index contributed by atoms with van der Waals surface area (Å²) in [5.41, 5.74) is 2.86. The van der Waals surface area contributed by atoms with Gasteiger partial charge in [-0.3, -0.25) is 9.59 Å². The number of ether oxygens (including phenoxy) is 1. The Morgan fingerprint density at radius 3 is 1.67 bits per heavy atom. The summed E-state index contributed by atoms with van der Waals surface area (Å²) in [5.74, 6) is -0.273. The monoisotopic (exact) mass is 324 g/mol. The van der Waals surface area contributed by atoms with Gasteiger partial charge in [-0.15, -0.1) is 0 Å². The van der Waals surface area contributed by atoms with Gasteiger partial charge in [0.1, 0.15) is 5.78 Å². The van der Waals surface area contributed by atoms with E-state index in [9.17, 15) is 14.4 Å². The van der Waals surface area contributed by atoms with Crippen LogP contribution in [0.5, 0.6) is 0 Å². The molecule has 2 rings (SSSR count). The molecule has 0 N–H and O–H groups in total. The number of Topliss-reactive ketones (excluding diaryl/α,β-unsaturated/α-hetero) is 2. The molecule has 0 aliphatic carbocycles. The van der Waals surface area contributed by atoms with Crippen LogP contribution in [0.15, 0.2) is 48.5 Å². The van der Waals surface area contributed by atoms with Gasteiger partial charge in [0.2, 0.25) is 0 Å². The second-order valence-corrected chi connectivity index (χ2v) is 5.56. The van der Waals surface area contributed by atoms with Crippen LogP contribution in [0.4, 0.5) is 0 Å². The summed E-state index contributed by atoms with van der Waals surface area (Å²) in [6.07, 6.45) is 0.620. The second-order valence-electron chi connectivity index (χ2n) is 5.56. The van der Waals surface area contributed by atoms with E-state index in [1.165, 1.54) is 6.92 Å². The van der Waals surface area contributed by atoms with Crippen LogP contribution in [0.25, 0.3) is 0 Å². The van der Waals surface area contributed by atoms with Crippen molar-refractivity contribution in [2.75, 3.05) is 6.61 Å². The fourth-order valence-electron chi connectivity index (χ4n) is 2.35. The second kappa shape index (κ2) is 8.20. The molecule has 0 atom stereocenters. The highest BCUT2D eigenvalue weighted by atomic mass is 16.5. The third-order valence-corrected chi connectivity index (χ3v) is 3.63. The summed E-state index contributed by atoms with van der Waals surface area (Å²) in [5, 5.41) is 0. The van der Waals surface area contributed by atoms with E-state index in [0.29, 0.717) is 30.6 Å². The molecule has 2 aromatic carbocycles. The van der Waals surface area contributed by atoms with Crippen LogP contribution in [0.2, 0.25) is 0 Å². The standard InChI is InChI=1S/C20H20O4/c1-3-24-20(23)18-10-6-16(7-11-18)13-19(22)12-15-4-8-17(9-5-15)14(2)21/h4-11H,3,12-13H2,1-2H3. The smallest absolute Gasteiger partial charge is 0.338 e. The number of ketones is 2. The van der Waals surface area contributed by atoms with Gasteiger partial charge in [0.15, 0.2) is 5.78 Å². The minimum Gasteiger partial charge on any atom is -0.462 e. The molecule has 0 amide bonds. The van der Waals surface area contributed by atoms with Crippen molar-refractivity contribution in [2.24, 2.45) is 0 Å². The molecule has 0 saturated carbocycles. The number of esters is 1. The van der Waals surface area contributed by atoms with E-state index in [1.807, 2.05) is 0 Å². The van der Waals surface area contributed by atoms with Crippen LogP contribution in [0, 0.1) is 0 Å². The topological polar surface area (TPSA) is 60.4 Å². The zero-order chi connectivity index (χ0) is 17.5. The van der Waals surface area contributed by atoms with Crippen molar-refractivity contribution in [1.82, 2.24) is 0 Å². The van der Waals surface area contributed by atoms with Gasteiger partial charge in [-0.05, 0) is 37.1 Å². The van der Waals surface area contributed by atoms with E-state index in [0.717, 1.165) is 11.1 Å². The van der Waals surface area contributed by atoms with Crippen molar-refractivity contribution in [3.05, 3.63) is 70.8 Å². The van der Waals surface area contributed by atoms with Gasteiger partial charge in [-0.25, -0.2) is 4.79 Å². The van der Waals surface area contributed by atoms with Gasteiger partial charge in [-0.2, -0.15) is 0 Å². The van der Waals surface area contributed by atoms with Crippen molar-refractivity contribution < 1.29 is 19.1 Å². The van der Waals surface area contributed by atoms with Crippen LogP contribution in [0.3, 0.4) is 0 Å². The third-order valence-electron chi connectivity index (χ3n) is 3.63. The molecule has 0 fully saturated rings. The lowest BCUT2D eigenvalue weighted by Crippen LogP contribution is -2.08. The van der Waals surface area contributed by atoms with Crippen molar-refractivity contribution in [1.29, 1.82) is 0 Å². The predicted octanol–water partition coefficient (Wildman–Crippen LogP) is 3.42. The zero-order valence-corrected chi connectivity index (χ0v) is 13.9. The first-order valence-corrected chi connectivity index (χ1v) is 7.87. The first-order valence-electron chi connectivity index (χ1n) is 7.87. The summed E-state index contributed by atoms with van der Waals surface area (Å²) in [6, 6.07) is 14.0. The lowest BCUT2D eigenvalue weighted by Gasteiger charge is -2.05. The normalized spacial score (nSPS) is 10.2. The van der Waals surface area contributed by atoms with Crippen LogP contribution in [0.1, 0.15) is 45.7 Å². The Bertz CT molecular complexity index is 727. The summed E-state index contributed by atoms with van der Waals surface area (Å²) < 4.78 is 4.92. The van der Waals surface area contributed by atoms with Gasteiger partial charge in [0.25, 0.3) is 0 Å². The maximum Gasteiger partial charge on any atom is 0.338 e. The molecule has 0 heterocycles. The van der Waals surface area contributed by atoms with Crippen LogP contribution < -0.4 is 0 Å². The molecule has 124 valence electrons. The number of carbonyl (C=O) groups excluding carboxylic acids is 3. The zero-order valence-electron chi connectivity index (χ0n) is 13.9. The first kappa shape index (κ1) is 17.6. The predicted molar refractivity (Wildman–Crippen MR) is 91.3 cm³/mol. The van der Waals surface area contributed by atoms with Crippen molar-refractivity contribution >= 4 is 17.5 Å². The maximum absolute atomic E-state index is 12.2. The number of hydrogen-bond donors (Lipinski definition) is 0. The Kier molecular flexibility index (Phi) is 6.01. The molecule has 24 heavy (non-hydrogen) atoms. The molecule has 4 nitrogen and oxygen atoms in total. The summed E-state index contributed by atoms with van der Waals surface area (Å²) in [4.78, 5) is 35.0. The molecule has 0 bridgehead atoms. The van der Waals surface area contributed by atoms with Crippen LogP contribution in [-0.2, 0) is 22.4 Å². The Morgan fingerprint density at radius 1 is 0.792 bits per heavy atom. The number of carbonyl (C=O) groups is 3. The van der Waals surface area contributed by atoms with Gasteiger partial charge in [0, 0.05) is 18.4 Å². The third kappa shape index (κ3) is 4.88. The maximum atomic E-state index is 12.2. The van der Waals surface area contributed by atoms with E-state index in [2.05, 4.69) is 0 Å². The lowest BCUT2D eigenvalue weighted by atomic mass is 10.0. The Hall–Kier alpha value is -2.75. The number of hydrogen-bond acceptors (Lipinski definition) is 4. The molecule has 0 spiro atoms. The Labute approximate surface area is 141 Å². The van der Waals surface area contributed by atoms with E-state index in [-0.39, 0.29) is 17.5 Å². The Balaban J connectivity index is 1.94. The lowest BCUT2D eigenvalue weighted by molar-refractivity contribution is -0.117. The minimum atomic E-state index is -0.360. The average Bonchev–Trinajstić information content (AvgIpc) is 2.56. The Morgan fingerprint density at radius 2 is 1.25 bits per heavy atom. The van der Waals surface area contributed by atoms with Crippen molar-refractivity contribution in [3.8, 4) is 0 Å². The van der Waals surface area contributed by atoms with Gasteiger partial charge >= 0.3 is 5.97 Å². The molecule has 0 radical (unpaired) electrons. The molecule has 0 unspecified atom stereocenters. The average molecular weight is 324 g/mol. The highest BCUT2D eigenvalue weighted by molar-refractivity contribution is 5.94. The molecule has 0 aliphatic rings. The summed E-state index contributed by atoms with van der Waals surface area (Å²) in [6.45, 7) is 3.61. The highest BCUT2D eigenvalue weighted by Crippen LogP contribution is 2.10. The van der Waals surface area contributed by atoms with Crippen LogP contribution >= 0.6 is 0 Å². The van der Waals surface area contributed by atoms with Gasteiger partial charge < -0.3 is 4.74 Å². The first-order chi connectivity index (χ1) is 11.5. The van der Waals surface area contributed by atoms with Crippen molar-refractivity contribution in [3.63, 3.8) is 0 Å². The minimum absolute atomic E-state index is 0.00886. The molecular weight excluding hydrogens is 304 g/mol. The summed E-state index contributed by atoms with van der Waals surface area (Å²) in [7, 11) is 0. The molecular formula is C20H20O4. The fraction of sp³-hybridized carbons (Fsp3) is 0.250. The van der Waals surface area contributed by atoms with Gasteiger partial charge in [-0.1, -0.05) is 36.4 Å².